The average Bonchev–Trinajstić information content (AvgIpc) is 3.26. The number of carbonyl (C=O) groups is 2. The van der Waals surface area contributed by atoms with Crippen molar-refractivity contribution >= 4 is 52.5 Å². The first kappa shape index (κ1) is 21.5. The van der Waals surface area contributed by atoms with Crippen molar-refractivity contribution in [1.29, 1.82) is 0 Å². The van der Waals surface area contributed by atoms with E-state index in [9.17, 15) is 9.59 Å². The van der Waals surface area contributed by atoms with E-state index >= 15 is 0 Å². The predicted octanol–water partition coefficient (Wildman–Crippen LogP) is 4.78. The molecule has 5 nitrogen and oxygen atoms in total. The maximum absolute atomic E-state index is 13.4. The molecule has 1 saturated heterocycles. The van der Waals surface area contributed by atoms with Crippen LogP contribution in [0.4, 0.5) is 5.69 Å². The Kier molecular flexibility index (Phi) is 6.88. The number of nitrogens with one attached hydrogen (secondary N) is 1. The van der Waals surface area contributed by atoms with Crippen LogP contribution in [0.5, 0.6) is 0 Å². The Morgan fingerprint density at radius 3 is 2.67 bits per heavy atom. The molecule has 2 aromatic rings. The number of thioether (sulfide) groups is 1. The fourth-order valence-corrected chi connectivity index (χ4v) is 4.89. The second-order valence-electron chi connectivity index (χ2n) is 7.57. The van der Waals surface area contributed by atoms with Gasteiger partial charge in [-0.05, 0) is 61.8 Å². The first-order valence-electron chi connectivity index (χ1n) is 10.0. The van der Waals surface area contributed by atoms with E-state index in [2.05, 4.69) is 10.2 Å². The van der Waals surface area contributed by atoms with Gasteiger partial charge in [0.25, 0.3) is 5.91 Å². The number of amides is 2. The summed E-state index contributed by atoms with van der Waals surface area (Å²) >= 11 is 13.7. The van der Waals surface area contributed by atoms with Gasteiger partial charge in [-0.2, -0.15) is 0 Å². The number of likely N-dealkylation sites (tertiary alicyclic amines) is 1. The van der Waals surface area contributed by atoms with E-state index in [1.165, 1.54) is 24.6 Å². The number of nitrogens with zero attached hydrogens (tertiary/aromatic N) is 2. The number of halogens is 2. The molecule has 2 heterocycles. The quantitative estimate of drug-likeness (QED) is 0.669. The fourth-order valence-electron chi connectivity index (χ4n) is 3.78. The molecule has 0 radical (unpaired) electrons. The number of benzene rings is 2. The van der Waals surface area contributed by atoms with Crippen LogP contribution in [-0.4, -0.2) is 53.5 Å². The first-order chi connectivity index (χ1) is 14.5. The highest BCUT2D eigenvalue weighted by Gasteiger charge is 2.22. The Bertz CT molecular complexity index is 963. The van der Waals surface area contributed by atoms with Crippen LogP contribution in [-0.2, 0) is 11.3 Å². The molecule has 2 amide bonds. The molecule has 2 aromatic carbocycles. The molecule has 30 heavy (non-hydrogen) atoms. The van der Waals surface area contributed by atoms with Crippen LogP contribution in [0.15, 0.2) is 41.3 Å². The van der Waals surface area contributed by atoms with Gasteiger partial charge in [0.15, 0.2) is 0 Å². The maximum Gasteiger partial charge on any atom is 0.254 e. The summed E-state index contributed by atoms with van der Waals surface area (Å²) in [6, 6.07) is 11.0. The van der Waals surface area contributed by atoms with Gasteiger partial charge in [-0.1, -0.05) is 29.3 Å². The van der Waals surface area contributed by atoms with Crippen LogP contribution in [0.1, 0.15) is 28.8 Å². The van der Waals surface area contributed by atoms with Gasteiger partial charge in [0.1, 0.15) is 0 Å². The summed E-state index contributed by atoms with van der Waals surface area (Å²) in [7, 11) is 0. The highest BCUT2D eigenvalue weighted by Crippen LogP contribution is 2.32. The zero-order valence-electron chi connectivity index (χ0n) is 16.5. The lowest BCUT2D eigenvalue weighted by atomic mass is 10.1. The monoisotopic (exact) mass is 463 g/mol. The van der Waals surface area contributed by atoms with Crippen LogP contribution in [0, 0.1) is 0 Å². The molecule has 4 rings (SSSR count). The normalized spacial score (nSPS) is 16.3. The lowest BCUT2D eigenvalue weighted by molar-refractivity contribution is -0.113. The molecule has 0 bridgehead atoms. The van der Waals surface area contributed by atoms with Gasteiger partial charge in [-0.25, -0.2) is 0 Å². The lowest BCUT2D eigenvalue weighted by Gasteiger charge is -2.26. The van der Waals surface area contributed by atoms with Crippen molar-refractivity contribution in [2.75, 3.05) is 37.2 Å². The minimum Gasteiger partial charge on any atom is -0.333 e. The van der Waals surface area contributed by atoms with Gasteiger partial charge in [-0.15, -0.1) is 11.8 Å². The second kappa shape index (κ2) is 9.60. The Labute approximate surface area is 190 Å². The van der Waals surface area contributed by atoms with E-state index in [-0.39, 0.29) is 11.8 Å². The molecular formula is C22H23Cl2N3O2S. The molecule has 2 aliphatic heterocycles. The van der Waals surface area contributed by atoms with Gasteiger partial charge in [0, 0.05) is 30.1 Å². The molecule has 0 atom stereocenters. The van der Waals surface area contributed by atoms with Crippen molar-refractivity contribution in [3.8, 4) is 0 Å². The molecule has 0 spiro atoms. The number of rotatable bonds is 6. The maximum atomic E-state index is 13.4. The topological polar surface area (TPSA) is 52.7 Å². The van der Waals surface area contributed by atoms with Crippen molar-refractivity contribution in [2.45, 2.75) is 24.3 Å². The molecule has 2 aliphatic rings. The van der Waals surface area contributed by atoms with Gasteiger partial charge in [-0.3, -0.25) is 9.59 Å². The summed E-state index contributed by atoms with van der Waals surface area (Å²) < 4.78 is 0. The summed E-state index contributed by atoms with van der Waals surface area (Å²) in [5.41, 5.74) is 2.20. The number of carbonyl (C=O) groups excluding carboxylic acids is 2. The van der Waals surface area contributed by atoms with Crippen LogP contribution >= 0.6 is 35.0 Å². The van der Waals surface area contributed by atoms with Gasteiger partial charge >= 0.3 is 0 Å². The summed E-state index contributed by atoms with van der Waals surface area (Å²) in [4.78, 5) is 30.4. The van der Waals surface area contributed by atoms with E-state index in [1.54, 1.807) is 12.1 Å². The van der Waals surface area contributed by atoms with Gasteiger partial charge in [0.2, 0.25) is 5.91 Å². The third-order valence-corrected chi connectivity index (χ3v) is 7.20. The highest BCUT2D eigenvalue weighted by molar-refractivity contribution is 8.00. The van der Waals surface area contributed by atoms with E-state index < -0.39 is 0 Å². The molecule has 0 saturated carbocycles. The molecule has 8 heteroatoms. The average molecular weight is 464 g/mol. The third-order valence-electron chi connectivity index (χ3n) is 5.39. The lowest BCUT2D eigenvalue weighted by Crippen LogP contribution is -2.37. The van der Waals surface area contributed by atoms with Crippen LogP contribution in [0.3, 0.4) is 0 Å². The Morgan fingerprint density at radius 1 is 1.10 bits per heavy atom. The molecule has 0 unspecified atom stereocenters. The Hall–Kier alpha value is -1.73. The highest BCUT2D eigenvalue weighted by atomic mass is 35.5. The number of hydrogen-bond acceptors (Lipinski definition) is 4. The molecule has 0 aliphatic carbocycles. The zero-order valence-corrected chi connectivity index (χ0v) is 18.8. The van der Waals surface area contributed by atoms with Crippen LogP contribution in [0.2, 0.25) is 10.0 Å². The molecule has 1 fully saturated rings. The van der Waals surface area contributed by atoms with E-state index in [1.807, 2.05) is 29.2 Å². The second-order valence-corrected chi connectivity index (χ2v) is 9.40. The van der Waals surface area contributed by atoms with E-state index in [0.29, 0.717) is 40.1 Å². The fraction of sp³-hybridized carbons (Fsp3) is 0.364. The van der Waals surface area contributed by atoms with Crippen molar-refractivity contribution in [1.82, 2.24) is 9.80 Å². The summed E-state index contributed by atoms with van der Waals surface area (Å²) in [6.07, 6.45) is 2.42. The minimum absolute atomic E-state index is 0.0428. The smallest absolute Gasteiger partial charge is 0.254 e. The molecule has 158 valence electrons. The third kappa shape index (κ3) is 5.11. The first-order valence-corrected chi connectivity index (χ1v) is 11.8. The predicted molar refractivity (Wildman–Crippen MR) is 123 cm³/mol. The standard InChI is InChI=1S/C22H23Cl2N3O2S/c23-17-5-3-15(11-18(17)24)13-27(10-9-26-7-1-2-8-26)22(29)16-4-6-20-19(12-16)25-21(28)14-30-20/h3-6,11-12H,1-2,7-10,13-14H2,(H,25,28). The summed E-state index contributed by atoms with van der Waals surface area (Å²) in [5.74, 6) is 0.297. The van der Waals surface area contributed by atoms with E-state index in [4.69, 9.17) is 23.2 Å². The van der Waals surface area contributed by atoms with Crippen LogP contribution in [0.25, 0.3) is 0 Å². The summed E-state index contributed by atoms with van der Waals surface area (Å²) in [5, 5.41) is 3.84. The van der Waals surface area contributed by atoms with Crippen molar-refractivity contribution < 1.29 is 9.59 Å². The van der Waals surface area contributed by atoms with Crippen molar-refractivity contribution in [3.05, 3.63) is 57.6 Å². The van der Waals surface area contributed by atoms with Crippen molar-refractivity contribution in [3.63, 3.8) is 0 Å². The largest absolute Gasteiger partial charge is 0.333 e. The molecule has 0 aromatic heterocycles. The van der Waals surface area contributed by atoms with Crippen LogP contribution < -0.4 is 5.32 Å². The SMILES string of the molecule is O=C1CSc2ccc(C(=O)N(CCN3CCCC3)Cc3ccc(Cl)c(Cl)c3)cc2N1. The Balaban J connectivity index is 1.55. The van der Waals surface area contributed by atoms with E-state index in [0.717, 1.165) is 30.1 Å². The Morgan fingerprint density at radius 2 is 1.90 bits per heavy atom. The molecular weight excluding hydrogens is 441 g/mol. The van der Waals surface area contributed by atoms with Gasteiger partial charge in [0.05, 0.1) is 21.5 Å². The molecule has 1 N–H and O–H groups in total. The van der Waals surface area contributed by atoms with Crippen molar-refractivity contribution in [2.24, 2.45) is 0 Å². The number of hydrogen-bond donors (Lipinski definition) is 1. The zero-order chi connectivity index (χ0) is 21.1. The van der Waals surface area contributed by atoms with Gasteiger partial charge < -0.3 is 15.1 Å². The summed E-state index contributed by atoms with van der Waals surface area (Å²) in [6.45, 7) is 4.07. The number of fused-ring (bicyclic) bond motifs is 1. The number of anilines is 1. The minimum atomic E-state index is -0.0621.